The molecule has 1 unspecified atom stereocenters. The molecule has 2 amide bonds. The van der Waals surface area contributed by atoms with Gasteiger partial charge < -0.3 is 24.5 Å². The highest BCUT2D eigenvalue weighted by Crippen LogP contribution is 2.08. The lowest BCUT2D eigenvalue weighted by atomic mass is 10.2. The number of hydrogen-bond donors (Lipinski definition) is 2. The van der Waals surface area contributed by atoms with Crippen molar-refractivity contribution in [3.63, 3.8) is 0 Å². The Hall–Kier alpha value is -2.35. The maximum absolute atomic E-state index is 12.1. The van der Waals surface area contributed by atoms with Crippen LogP contribution in [-0.4, -0.2) is 60.1 Å². The molecule has 0 spiro atoms. The van der Waals surface area contributed by atoms with Crippen molar-refractivity contribution in [1.29, 1.82) is 0 Å². The predicted octanol–water partition coefficient (Wildman–Crippen LogP) is -0.0451. The molecule has 2 N–H and O–H groups in total. The van der Waals surface area contributed by atoms with Crippen LogP contribution >= 0.6 is 0 Å². The molecular formula is C13H16N2O6. The summed E-state index contributed by atoms with van der Waals surface area (Å²) in [5.74, 6) is -2.57. The maximum atomic E-state index is 12.1. The van der Waals surface area contributed by atoms with E-state index in [1.54, 1.807) is 11.8 Å². The number of nitrogens with one attached hydrogen (secondary N) is 1. The number of rotatable bonds is 4. The fourth-order valence-electron chi connectivity index (χ4n) is 1.96. The summed E-state index contributed by atoms with van der Waals surface area (Å²) in [5.41, 5.74) is 0. The van der Waals surface area contributed by atoms with Gasteiger partial charge in [0, 0.05) is 13.1 Å². The van der Waals surface area contributed by atoms with E-state index in [2.05, 4.69) is 5.32 Å². The highest BCUT2D eigenvalue weighted by molar-refractivity contribution is 5.96. The maximum Gasteiger partial charge on any atom is 0.371 e. The van der Waals surface area contributed by atoms with Gasteiger partial charge in [0.1, 0.15) is 6.04 Å². The van der Waals surface area contributed by atoms with Gasteiger partial charge in [-0.05, 0) is 19.1 Å². The van der Waals surface area contributed by atoms with Gasteiger partial charge in [-0.25, -0.2) is 4.79 Å². The third-order valence-electron chi connectivity index (χ3n) is 3.08. The topological polar surface area (TPSA) is 109 Å². The first-order valence-electron chi connectivity index (χ1n) is 6.49. The molecule has 1 aliphatic heterocycles. The van der Waals surface area contributed by atoms with E-state index < -0.39 is 17.9 Å². The van der Waals surface area contributed by atoms with Crippen LogP contribution in [0.5, 0.6) is 0 Å². The minimum atomic E-state index is -1.26. The zero-order valence-corrected chi connectivity index (χ0v) is 11.5. The van der Waals surface area contributed by atoms with Crippen LogP contribution in [0.25, 0.3) is 0 Å². The largest absolute Gasteiger partial charge is 0.475 e. The van der Waals surface area contributed by atoms with Crippen LogP contribution in [0.15, 0.2) is 16.5 Å². The second-order valence-electron chi connectivity index (χ2n) is 4.60. The number of carbonyl (C=O) groups excluding carboxylic acids is 2. The minimum Gasteiger partial charge on any atom is -0.475 e. The molecule has 1 aromatic rings. The Morgan fingerprint density at radius 3 is 2.43 bits per heavy atom. The zero-order valence-electron chi connectivity index (χ0n) is 11.5. The summed E-state index contributed by atoms with van der Waals surface area (Å²) in [4.78, 5) is 36.3. The molecular weight excluding hydrogens is 280 g/mol. The number of hydrogen-bond acceptors (Lipinski definition) is 5. The number of ether oxygens (including phenoxy) is 1. The van der Waals surface area contributed by atoms with Crippen LogP contribution in [-0.2, 0) is 9.53 Å². The highest BCUT2D eigenvalue weighted by atomic mass is 16.5. The van der Waals surface area contributed by atoms with Gasteiger partial charge >= 0.3 is 5.97 Å². The van der Waals surface area contributed by atoms with Crippen LogP contribution in [0, 0.1) is 0 Å². The second-order valence-corrected chi connectivity index (χ2v) is 4.60. The Morgan fingerprint density at radius 2 is 1.86 bits per heavy atom. The number of carboxylic acids is 1. The summed E-state index contributed by atoms with van der Waals surface area (Å²) in [7, 11) is 0. The van der Waals surface area contributed by atoms with Gasteiger partial charge in [0.15, 0.2) is 5.76 Å². The molecule has 0 bridgehead atoms. The second kappa shape index (κ2) is 6.40. The van der Waals surface area contributed by atoms with Gasteiger partial charge in [0.2, 0.25) is 11.7 Å². The first-order chi connectivity index (χ1) is 9.99. The molecule has 1 aromatic heterocycles. The average Bonchev–Trinajstić information content (AvgIpc) is 2.97. The van der Waals surface area contributed by atoms with E-state index in [0.29, 0.717) is 26.3 Å². The van der Waals surface area contributed by atoms with Crippen LogP contribution in [0.1, 0.15) is 28.0 Å². The molecule has 0 radical (unpaired) electrons. The molecule has 1 aliphatic rings. The summed E-state index contributed by atoms with van der Waals surface area (Å²) in [6, 6.07) is 1.71. The van der Waals surface area contributed by atoms with E-state index in [1.807, 2.05) is 0 Å². The molecule has 1 saturated heterocycles. The Balaban J connectivity index is 1.94. The number of amides is 2. The summed E-state index contributed by atoms with van der Waals surface area (Å²) in [6.07, 6.45) is 0. The first-order valence-corrected chi connectivity index (χ1v) is 6.49. The van der Waals surface area contributed by atoms with Crippen molar-refractivity contribution in [3.05, 3.63) is 23.7 Å². The van der Waals surface area contributed by atoms with Crippen molar-refractivity contribution >= 4 is 17.8 Å². The fraction of sp³-hybridized carbons (Fsp3) is 0.462. The molecule has 21 heavy (non-hydrogen) atoms. The lowest BCUT2D eigenvalue weighted by Gasteiger charge is -2.29. The smallest absolute Gasteiger partial charge is 0.371 e. The van der Waals surface area contributed by atoms with Crippen molar-refractivity contribution in [2.24, 2.45) is 0 Å². The summed E-state index contributed by atoms with van der Waals surface area (Å²) in [6.45, 7) is 3.50. The van der Waals surface area contributed by atoms with Gasteiger partial charge in [-0.15, -0.1) is 0 Å². The molecule has 0 saturated carbocycles. The number of morpholine rings is 1. The average molecular weight is 296 g/mol. The summed E-state index contributed by atoms with van der Waals surface area (Å²) >= 11 is 0. The molecule has 114 valence electrons. The van der Waals surface area contributed by atoms with Gasteiger partial charge in [-0.1, -0.05) is 0 Å². The molecule has 2 rings (SSSR count). The van der Waals surface area contributed by atoms with Gasteiger partial charge in [0.05, 0.1) is 13.2 Å². The number of carboxylic acid groups (broad SMARTS) is 1. The molecule has 2 heterocycles. The van der Waals surface area contributed by atoms with Crippen molar-refractivity contribution in [3.8, 4) is 0 Å². The first kappa shape index (κ1) is 15.0. The van der Waals surface area contributed by atoms with Crippen LogP contribution in [0.3, 0.4) is 0 Å². The third-order valence-corrected chi connectivity index (χ3v) is 3.08. The number of nitrogens with zero attached hydrogens (tertiary/aromatic N) is 1. The standard InChI is InChI=1S/C13H16N2O6/c1-8(12(17)15-4-6-20-7-5-15)14-11(16)9-2-3-10(21-9)13(18)19/h2-3,8H,4-7H2,1H3,(H,14,16)(H,18,19). The molecule has 1 fully saturated rings. The zero-order chi connectivity index (χ0) is 15.4. The highest BCUT2D eigenvalue weighted by Gasteiger charge is 2.25. The van der Waals surface area contributed by atoms with E-state index in [4.69, 9.17) is 14.3 Å². The van der Waals surface area contributed by atoms with E-state index in [-0.39, 0.29) is 17.4 Å². The Kier molecular flexibility index (Phi) is 4.59. The van der Waals surface area contributed by atoms with E-state index >= 15 is 0 Å². The molecule has 0 aliphatic carbocycles. The molecule has 0 aromatic carbocycles. The van der Waals surface area contributed by atoms with Crippen molar-refractivity contribution in [2.75, 3.05) is 26.3 Å². The quantitative estimate of drug-likeness (QED) is 0.806. The third kappa shape index (κ3) is 3.60. The van der Waals surface area contributed by atoms with E-state index in [0.717, 1.165) is 0 Å². The number of aromatic carboxylic acids is 1. The monoisotopic (exact) mass is 296 g/mol. The van der Waals surface area contributed by atoms with Gasteiger partial charge in [0.25, 0.3) is 5.91 Å². The predicted molar refractivity (Wildman–Crippen MR) is 70.0 cm³/mol. The fourth-order valence-corrected chi connectivity index (χ4v) is 1.96. The van der Waals surface area contributed by atoms with Gasteiger partial charge in [-0.3, -0.25) is 9.59 Å². The normalized spacial score (nSPS) is 16.3. The molecule has 8 nitrogen and oxygen atoms in total. The van der Waals surface area contributed by atoms with E-state index in [1.165, 1.54) is 12.1 Å². The van der Waals surface area contributed by atoms with Crippen LogP contribution in [0.4, 0.5) is 0 Å². The summed E-state index contributed by atoms with van der Waals surface area (Å²) < 4.78 is 10.0. The van der Waals surface area contributed by atoms with Crippen molar-refractivity contribution < 1.29 is 28.6 Å². The number of furan rings is 1. The molecule has 1 atom stereocenters. The lowest BCUT2D eigenvalue weighted by Crippen LogP contribution is -2.50. The van der Waals surface area contributed by atoms with Crippen molar-refractivity contribution in [2.45, 2.75) is 13.0 Å². The van der Waals surface area contributed by atoms with Crippen LogP contribution < -0.4 is 5.32 Å². The lowest BCUT2D eigenvalue weighted by molar-refractivity contribution is -0.136. The Morgan fingerprint density at radius 1 is 1.24 bits per heavy atom. The Labute approximate surface area is 120 Å². The minimum absolute atomic E-state index is 0.144. The van der Waals surface area contributed by atoms with E-state index in [9.17, 15) is 14.4 Å². The van der Waals surface area contributed by atoms with Crippen LogP contribution in [0.2, 0.25) is 0 Å². The number of carbonyl (C=O) groups is 3. The summed E-state index contributed by atoms with van der Waals surface area (Å²) in [5, 5.41) is 11.2. The van der Waals surface area contributed by atoms with Crippen molar-refractivity contribution in [1.82, 2.24) is 10.2 Å². The SMILES string of the molecule is CC(NC(=O)c1ccc(C(=O)O)o1)C(=O)N1CCOCC1. The van der Waals surface area contributed by atoms with Gasteiger partial charge in [-0.2, -0.15) is 0 Å². The Bertz CT molecular complexity index is 547. The molecule has 8 heteroatoms.